The summed E-state index contributed by atoms with van der Waals surface area (Å²) in [6.45, 7) is 21.2. The largest absolute Gasteiger partial charge is 0.507 e. The molecule has 1 N–H and O–H groups in total. The van der Waals surface area contributed by atoms with Gasteiger partial charge in [-0.1, -0.05) is 102 Å². The van der Waals surface area contributed by atoms with E-state index in [-0.39, 0.29) is 16.6 Å². The molecular weight excluding hydrogens is 613 g/mol. The monoisotopic (exact) mass is 652 g/mol. The second-order valence-corrected chi connectivity index (χ2v) is 14.9. The summed E-state index contributed by atoms with van der Waals surface area (Å²) in [4.78, 5) is 13.7. The lowest BCUT2D eigenvalue weighted by Crippen LogP contribution is -2.16. The third-order valence-corrected chi connectivity index (χ3v) is 9.25. The number of para-hydroxylation sites is 2. The molecule has 0 saturated heterocycles. The highest BCUT2D eigenvalue weighted by Gasteiger charge is 2.23. The van der Waals surface area contributed by atoms with Crippen molar-refractivity contribution in [2.45, 2.75) is 52.4 Å². The molecular formula is C45H40N4O. The quantitative estimate of drug-likeness (QED) is 0.188. The Morgan fingerprint density at radius 3 is 1.94 bits per heavy atom. The number of phenols is 1. The molecule has 0 unspecified atom stereocenters. The Kier molecular flexibility index (Phi) is 8.12. The Morgan fingerprint density at radius 2 is 1.26 bits per heavy atom. The van der Waals surface area contributed by atoms with Crippen LogP contribution in [0.5, 0.6) is 5.75 Å². The van der Waals surface area contributed by atoms with E-state index >= 15 is 0 Å². The van der Waals surface area contributed by atoms with E-state index in [9.17, 15) is 5.11 Å². The third kappa shape index (κ3) is 6.17. The molecule has 5 aromatic carbocycles. The van der Waals surface area contributed by atoms with E-state index in [2.05, 4.69) is 88.9 Å². The maximum atomic E-state index is 11.0. The summed E-state index contributed by atoms with van der Waals surface area (Å²) in [5.41, 5.74) is 12.3. The van der Waals surface area contributed by atoms with Gasteiger partial charge in [0, 0.05) is 23.0 Å². The molecule has 2 heterocycles. The molecule has 7 aromatic rings. The van der Waals surface area contributed by atoms with Crippen LogP contribution in [0.25, 0.3) is 66.5 Å². The minimum Gasteiger partial charge on any atom is -0.507 e. The van der Waals surface area contributed by atoms with Gasteiger partial charge in [0.15, 0.2) is 5.69 Å². The van der Waals surface area contributed by atoms with Gasteiger partial charge in [0.25, 0.3) is 0 Å². The summed E-state index contributed by atoms with van der Waals surface area (Å²) in [7, 11) is 0. The first-order chi connectivity index (χ1) is 23.9. The molecule has 0 atom stereocenters. The van der Waals surface area contributed by atoms with Crippen LogP contribution in [0.2, 0.25) is 0 Å². The number of hydrogen-bond acceptors (Lipinski definition) is 3. The zero-order valence-corrected chi connectivity index (χ0v) is 29.4. The average molecular weight is 653 g/mol. The Bertz CT molecular complexity index is 2390. The van der Waals surface area contributed by atoms with Crippen molar-refractivity contribution in [3.05, 3.63) is 150 Å². The highest BCUT2D eigenvalue weighted by Crippen LogP contribution is 2.41. The lowest BCUT2D eigenvalue weighted by atomic mass is 9.78. The molecule has 0 aliphatic rings. The van der Waals surface area contributed by atoms with Crippen LogP contribution in [0.15, 0.2) is 128 Å². The number of imidazole rings is 1. The summed E-state index contributed by atoms with van der Waals surface area (Å²) in [5, 5.41) is 11.0. The van der Waals surface area contributed by atoms with Gasteiger partial charge in [-0.05, 0) is 99.3 Å². The minimum atomic E-state index is -0.0280. The Morgan fingerprint density at radius 1 is 0.620 bits per heavy atom. The van der Waals surface area contributed by atoms with Crippen LogP contribution in [0.1, 0.15) is 52.7 Å². The zero-order valence-electron chi connectivity index (χ0n) is 29.4. The molecule has 5 nitrogen and oxygen atoms in total. The predicted molar refractivity (Wildman–Crippen MR) is 206 cm³/mol. The smallest absolute Gasteiger partial charge is 0.189 e. The van der Waals surface area contributed by atoms with Gasteiger partial charge in [0.05, 0.1) is 28.9 Å². The maximum absolute atomic E-state index is 11.0. The first kappa shape index (κ1) is 32.6. The van der Waals surface area contributed by atoms with E-state index in [4.69, 9.17) is 16.5 Å². The lowest BCUT2D eigenvalue weighted by Gasteiger charge is -2.26. The van der Waals surface area contributed by atoms with Gasteiger partial charge in [-0.15, -0.1) is 0 Å². The van der Waals surface area contributed by atoms with Gasteiger partial charge in [-0.3, -0.25) is 9.55 Å². The molecule has 0 fully saturated rings. The first-order valence-electron chi connectivity index (χ1n) is 16.9. The normalized spacial score (nSPS) is 11.9. The Labute approximate surface area is 294 Å². The van der Waals surface area contributed by atoms with E-state index in [1.165, 1.54) is 11.1 Å². The van der Waals surface area contributed by atoms with Crippen LogP contribution in [-0.4, -0.2) is 19.6 Å². The molecule has 0 bridgehead atoms. The molecule has 246 valence electrons. The molecule has 50 heavy (non-hydrogen) atoms. The van der Waals surface area contributed by atoms with Crippen molar-refractivity contribution in [1.82, 2.24) is 14.5 Å². The van der Waals surface area contributed by atoms with E-state index in [0.29, 0.717) is 17.1 Å². The number of fused-ring (bicyclic) bond motifs is 1. The lowest BCUT2D eigenvalue weighted by molar-refractivity contribution is 0.477. The van der Waals surface area contributed by atoms with Crippen molar-refractivity contribution in [1.29, 1.82) is 0 Å². The van der Waals surface area contributed by atoms with Crippen LogP contribution >= 0.6 is 0 Å². The molecule has 7 rings (SSSR count). The third-order valence-electron chi connectivity index (χ3n) is 9.25. The summed E-state index contributed by atoms with van der Waals surface area (Å²) < 4.78 is 2.04. The van der Waals surface area contributed by atoms with Crippen LogP contribution in [0.4, 0.5) is 5.69 Å². The summed E-state index contributed by atoms with van der Waals surface area (Å²) in [5.74, 6) is 0.737. The second kappa shape index (κ2) is 12.5. The number of hydrogen-bond donors (Lipinski definition) is 1. The Balaban J connectivity index is 1.53. The van der Waals surface area contributed by atoms with Gasteiger partial charge < -0.3 is 5.11 Å². The van der Waals surface area contributed by atoms with Crippen LogP contribution < -0.4 is 0 Å². The van der Waals surface area contributed by atoms with Crippen molar-refractivity contribution >= 4 is 16.7 Å². The molecule has 2 aromatic heterocycles. The topological polar surface area (TPSA) is 55.3 Å². The number of aromatic hydroxyl groups is 1. The number of rotatable bonds is 5. The fourth-order valence-electron chi connectivity index (χ4n) is 6.43. The van der Waals surface area contributed by atoms with Gasteiger partial charge in [0.1, 0.15) is 11.6 Å². The number of pyridine rings is 1. The van der Waals surface area contributed by atoms with Crippen LogP contribution in [0, 0.1) is 6.57 Å². The molecule has 0 amide bonds. The minimum absolute atomic E-state index is 0.0280. The summed E-state index contributed by atoms with van der Waals surface area (Å²) >= 11 is 0. The zero-order chi connectivity index (χ0) is 35.2. The van der Waals surface area contributed by atoms with Crippen molar-refractivity contribution < 1.29 is 5.11 Å². The second-order valence-electron chi connectivity index (χ2n) is 14.9. The van der Waals surface area contributed by atoms with Crippen LogP contribution in [0.3, 0.4) is 0 Å². The average Bonchev–Trinajstić information content (AvgIpc) is 3.51. The highest BCUT2D eigenvalue weighted by molar-refractivity contribution is 5.97. The standard InChI is InChI=1S/C45H40N4O/c1-44(2,3)33-25-30(26-34(27-33)45(4,5)6)29-22-31(24-32(23-29)39-18-10-11-21-47-39)37-17-13-19-40-42(37)48-43(38-16-8-9-20-41(38)50)49(40)36-15-12-14-35(28-36)46-7/h8-28,50H,1-6H3. The van der Waals surface area contributed by atoms with E-state index in [1.54, 1.807) is 18.2 Å². The summed E-state index contributed by atoms with van der Waals surface area (Å²) in [6, 6.07) is 40.7. The molecule has 0 aliphatic heterocycles. The molecule has 0 saturated carbocycles. The van der Waals surface area contributed by atoms with E-state index in [0.717, 1.165) is 50.2 Å². The molecule has 0 radical (unpaired) electrons. The van der Waals surface area contributed by atoms with Gasteiger partial charge in [0.2, 0.25) is 0 Å². The maximum Gasteiger partial charge on any atom is 0.189 e. The molecule has 5 heteroatoms. The summed E-state index contributed by atoms with van der Waals surface area (Å²) in [6.07, 6.45) is 1.83. The highest BCUT2D eigenvalue weighted by atomic mass is 16.3. The number of aromatic nitrogens is 3. The predicted octanol–water partition coefficient (Wildman–Crippen LogP) is 11.9. The van der Waals surface area contributed by atoms with Crippen molar-refractivity contribution in [3.8, 4) is 56.3 Å². The first-order valence-corrected chi connectivity index (χ1v) is 16.9. The molecule has 0 spiro atoms. The fourth-order valence-corrected chi connectivity index (χ4v) is 6.43. The van der Waals surface area contributed by atoms with Gasteiger partial charge in [-0.25, -0.2) is 9.83 Å². The van der Waals surface area contributed by atoms with Crippen molar-refractivity contribution in [2.75, 3.05) is 0 Å². The SMILES string of the molecule is [C-]#[N+]c1cccc(-n2c(-c3ccccc3O)nc3c(-c4cc(-c5cc(C(C)(C)C)cc(C(C)(C)C)c5)cc(-c5ccccn5)c4)cccc32)c1. The fraction of sp³-hybridized carbons (Fsp3) is 0.178. The number of benzene rings is 5. The number of phenolic OH excluding ortho intramolecular Hbond substituents is 1. The number of nitrogens with zero attached hydrogens (tertiary/aromatic N) is 4. The molecule has 0 aliphatic carbocycles. The van der Waals surface area contributed by atoms with Crippen molar-refractivity contribution in [3.63, 3.8) is 0 Å². The van der Waals surface area contributed by atoms with Gasteiger partial charge in [-0.2, -0.15) is 0 Å². The van der Waals surface area contributed by atoms with Gasteiger partial charge >= 0.3 is 0 Å². The Hall–Kier alpha value is -5.99. The van der Waals surface area contributed by atoms with E-state index < -0.39 is 0 Å². The van der Waals surface area contributed by atoms with Crippen molar-refractivity contribution in [2.24, 2.45) is 0 Å². The van der Waals surface area contributed by atoms with E-state index in [1.807, 2.05) is 71.4 Å². The van der Waals surface area contributed by atoms with Crippen LogP contribution in [-0.2, 0) is 10.8 Å².